The van der Waals surface area contributed by atoms with Gasteiger partial charge in [0, 0.05) is 45.4 Å². The SMILES string of the molecule is Cc1ccc(C)c(-c2cc(F)cc(F)c2N(c2ccccc2)c2ccc3ccc4c(N(c5ccccc5)c5c(F)cc(F)cc5-c5cc(C)ccc5C)ccc5ccc2c3c54)c1. The highest BCUT2D eigenvalue weighted by molar-refractivity contribution is 6.28. The van der Waals surface area contributed by atoms with E-state index in [9.17, 15) is 0 Å². The van der Waals surface area contributed by atoms with Crippen molar-refractivity contribution in [3.63, 3.8) is 0 Å². The normalized spacial score (nSPS) is 11.5. The van der Waals surface area contributed by atoms with Gasteiger partial charge in [0.15, 0.2) is 11.6 Å². The Kier molecular flexibility index (Phi) is 9.52. The van der Waals surface area contributed by atoms with Gasteiger partial charge in [-0.05, 0) is 120 Å². The molecule has 0 aliphatic carbocycles. The van der Waals surface area contributed by atoms with Crippen LogP contribution >= 0.6 is 0 Å². The van der Waals surface area contributed by atoms with Crippen LogP contribution in [0.3, 0.4) is 0 Å². The van der Waals surface area contributed by atoms with Crippen LogP contribution in [0.1, 0.15) is 22.3 Å². The predicted molar refractivity (Wildman–Crippen MR) is 249 cm³/mol. The Morgan fingerprint density at radius 2 is 0.742 bits per heavy atom. The van der Waals surface area contributed by atoms with Gasteiger partial charge in [-0.1, -0.05) is 120 Å². The fourth-order valence-corrected chi connectivity index (χ4v) is 9.14. The molecule has 0 heterocycles. The molecule has 302 valence electrons. The average molecular weight is 817 g/mol. The summed E-state index contributed by atoms with van der Waals surface area (Å²) in [7, 11) is 0. The molecule has 0 aliphatic heterocycles. The highest BCUT2D eigenvalue weighted by Gasteiger charge is 2.28. The number of hydrogen-bond donors (Lipinski definition) is 0. The van der Waals surface area contributed by atoms with Crippen molar-refractivity contribution in [1.82, 2.24) is 0 Å². The molecular formula is C56H40F4N2. The zero-order valence-electron chi connectivity index (χ0n) is 34.6. The molecule has 10 rings (SSSR count). The van der Waals surface area contributed by atoms with Crippen molar-refractivity contribution in [1.29, 1.82) is 0 Å². The van der Waals surface area contributed by atoms with E-state index in [1.54, 1.807) is 0 Å². The third-order valence-electron chi connectivity index (χ3n) is 12.0. The molecule has 62 heavy (non-hydrogen) atoms. The van der Waals surface area contributed by atoms with Crippen LogP contribution in [-0.4, -0.2) is 0 Å². The summed E-state index contributed by atoms with van der Waals surface area (Å²) >= 11 is 0. The summed E-state index contributed by atoms with van der Waals surface area (Å²) in [6, 6.07) is 52.0. The Bertz CT molecular complexity index is 3120. The van der Waals surface area contributed by atoms with Crippen LogP contribution in [0.4, 0.5) is 51.7 Å². The van der Waals surface area contributed by atoms with E-state index >= 15 is 17.6 Å². The molecule has 0 fully saturated rings. The summed E-state index contributed by atoms with van der Waals surface area (Å²) in [6.07, 6.45) is 0. The predicted octanol–water partition coefficient (Wildman–Crippen LogP) is 16.6. The van der Waals surface area contributed by atoms with Gasteiger partial charge in [-0.15, -0.1) is 0 Å². The fraction of sp³-hybridized carbons (Fsp3) is 0.0714. The van der Waals surface area contributed by atoms with Crippen LogP contribution < -0.4 is 9.80 Å². The van der Waals surface area contributed by atoms with E-state index in [1.807, 2.05) is 159 Å². The van der Waals surface area contributed by atoms with E-state index in [-0.39, 0.29) is 11.4 Å². The third-order valence-corrected chi connectivity index (χ3v) is 12.0. The van der Waals surface area contributed by atoms with Crippen molar-refractivity contribution in [3.8, 4) is 22.3 Å². The van der Waals surface area contributed by atoms with Crippen molar-refractivity contribution in [2.45, 2.75) is 27.7 Å². The molecule has 0 aromatic heterocycles. The third kappa shape index (κ3) is 6.51. The van der Waals surface area contributed by atoms with Crippen molar-refractivity contribution in [2.24, 2.45) is 0 Å². The highest BCUT2D eigenvalue weighted by Crippen LogP contribution is 2.51. The Labute approximate surface area is 357 Å². The minimum absolute atomic E-state index is 0.225. The maximum absolute atomic E-state index is 16.8. The molecule has 0 bridgehead atoms. The Morgan fingerprint density at radius 1 is 0.355 bits per heavy atom. The first-order valence-electron chi connectivity index (χ1n) is 20.6. The van der Waals surface area contributed by atoms with Gasteiger partial charge in [-0.2, -0.15) is 0 Å². The summed E-state index contributed by atoms with van der Waals surface area (Å²) in [5, 5.41) is 5.45. The Hall–Kier alpha value is -7.44. The van der Waals surface area contributed by atoms with E-state index in [1.165, 1.54) is 12.1 Å². The van der Waals surface area contributed by atoms with Gasteiger partial charge in [0.2, 0.25) is 0 Å². The van der Waals surface area contributed by atoms with Crippen LogP contribution in [0.2, 0.25) is 0 Å². The maximum Gasteiger partial charge on any atom is 0.150 e. The summed E-state index contributed by atoms with van der Waals surface area (Å²) < 4.78 is 64.4. The molecule has 2 nitrogen and oxygen atoms in total. The van der Waals surface area contributed by atoms with Gasteiger partial charge in [-0.25, -0.2) is 17.6 Å². The number of hydrogen-bond acceptors (Lipinski definition) is 2. The zero-order valence-corrected chi connectivity index (χ0v) is 34.6. The van der Waals surface area contributed by atoms with Gasteiger partial charge in [-0.3, -0.25) is 0 Å². The molecule has 10 aromatic rings. The van der Waals surface area contributed by atoms with Crippen LogP contribution in [0.25, 0.3) is 54.6 Å². The van der Waals surface area contributed by atoms with Gasteiger partial charge in [0.05, 0.1) is 22.7 Å². The van der Waals surface area contributed by atoms with E-state index in [4.69, 9.17) is 0 Å². The average Bonchev–Trinajstić information content (AvgIpc) is 3.27. The van der Waals surface area contributed by atoms with Gasteiger partial charge < -0.3 is 9.80 Å². The molecule has 0 saturated heterocycles. The number of aryl methyl sites for hydroxylation is 4. The topological polar surface area (TPSA) is 6.48 Å². The largest absolute Gasteiger partial charge is 0.307 e. The summed E-state index contributed by atoms with van der Waals surface area (Å²) in [4.78, 5) is 3.78. The summed E-state index contributed by atoms with van der Waals surface area (Å²) in [5.74, 6) is -2.73. The highest BCUT2D eigenvalue weighted by atomic mass is 19.1. The molecular weight excluding hydrogens is 777 g/mol. The second-order valence-corrected chi connectivity index (χ2v) is 16.1. The molecule has 0 radical (unpaired) electrons. The zero-order chi connectivity index (χ0) is 42.8. The molecule has 0 saturated carbocycles. The lowest BCUT2D eigenvalue weighted by molar-refractivity contribution is 0.584. The smallest absolute Gasteiger partial charge is 0.150 e. The molecule has 6 heteroatoms. The van der Waals surface area contributed by atoms with Crippen molar-refractivity contribution < 1.29 is 17.6 Å². The molecule has 10 aromatic carbocycles. The number of benzene rings is 10. The number of halogens is 4. The second kappa shape index (κ2) is 15.2. The first-order valence-corrected chi connectivity index (χ1v) is 20.6. The van der Waals surface area contributed by atoms with Crippen molar-refractivity contribution in [3.05, 3.63) is 215 Å². The molecule has 0 atom stereocenters. The minimum Gasteiger partial charge on any atom is -0.307 e. The fourth-order valence-electron chi connectivity index (χ4n) is 9.14. The van der Waals surface area contributed by atoms with E-state index < -0.39 is 23.3 Å². The molecule has 0 spiro atoms. The van der Waals surface area contributed by atoms with E-state index in [0.29, 0.717) is 33.9 Å². The first kappa shape index (κ1) is 38.7. The lowest BCUT2D eigenvalue weighted by atomic mass is 9.90. The first-order chi connectivity index (χ1) is 30.0. The van der Waals surface area contributed by atoms with Crippen LogP contribution in [0.5, 0.6) is 0 Å². The minimum atomic E-state index is -0.697. The van der Waals surface area contributed by atoms with Crippen molar-refractivity contribution >= 4 is 66.4 Å². The molecule has 0 unspecified atom stereocenters. The molecule has 0 amide bonds. The Morgan fingerprint density at radius 3 is 1.15 bits per heavy atom. The summed E-state index contributed by atoms with van der Waals surface area (Å²) in [5.41, 5.74) is 9.28. The monoisotopic (exact) mass is 816 g/mol. The maximum atomic E-state index is 16.8. The lowest BCUT2D eigenvalue weighted by Crippen LogP contribution is -2.15. The van der Waals surface area contributed by atoms with Gasteiger partial charge >= 0.3 is 0 Å². The number of nitrogens with zero attached hydrogens (tertiary/aromatic N) is 2. The second-order valence-electron chi connectivity index (χ2n) is 16.1. The molecule has 0 aliphatic rings. The van der Waals surface area contributed by atoms with Gasteiger partial charge in [0.1, 0.15) is 11.6 Å². The number of para-hydroxylation sites is 2. The standard InChI is InChI=1S/C56H40F4N2/c1-33-15-17-35(3)45(27-33)47-29-39(57)31-49(59)55(47)61(41-11-7-5-8-12-41)51-25-21-37-20-24-44-52(26-22-38-19-23-43(51)53(37)54(38)44)62(42-13-9-6-10-14-42)56-48(30-40(58)32-50(56)60)46-28-34(2)16-18-36(46)4/h5-32H,1-4H3. The Balaban J connectivity index is 1.27. The van der Waals surface area contributed by atoms with Crippen molar-refractivity contribution in [2.75, 3.05) is 9.80 Å². The number of anilines is 6. The summed E-state index contributed by atoms with van der Waals surface area (Å²) in [6.45, 7) is 7.83. The van der Waals surface area contributed by atoms with Crippen LogP contribution in [0.15, 0.2) is 170 Å². The number of rotatable bonds is 8. The van der Waals surface area contributed by atoms with Crippen LogP contribution in [0, 0.1) is 51.0 Å². The van der Waals surface area contributed by atoms with E-state index in [2.05, 4.69) is 24.3 Å². The lowest BCUT2D eigenvalue weighted by Gasteiger charge is -2.31. The van der Waals surface area contributed by atoms with E-state index in [0.717, 1.165) is 77.8 Å². The van der Waals surface area contributed by atoms with Gasteiger partial charge in [0.25, 0.3) is 0 Å². The molecule has 0 N–H and O–H groups in total. The van der Waals surface area contributed by atoms with Crippen LogP contribution in [-0.2, 0) is 0 Å². The quantitative estimate of drug-likeness (QED) is 0.111.